The van der Waals surface area contributed by atoms with Crippen LogP contribution >= 0.6 is 0 Å². The summed E-state index contributed by atoms with van der Waals surface area (Å²) in [5, 5.41) is 3.43. The second kappa shape index (κ2) is 5.01. The van der Waals surface area contributed by atoms with Gasteiger partial charge in [0, 0.05) is 12.1 Å². The van der Waals surface area contributed by atoms with Crippen LogP contribution in [0, 0.1) is 5.82 Å². The summed E-state index contributed by atoms with van der Waals surface area (Å²) in [4.78, 5) is 4.18. The predicted molar refractivity (Wildman–Crippen MR) is 70.1 cm³/mol. The molecule has 1 aromatic carbocycles. The van der Waals surface area contributed by atoms with Crippen LogP contribution in [0.1, 0.15) is 24.6 Å². The molecular weight excluding hydrogens is 245 g/mol. The minimum atomic E-state index is -0.362. The topological polar surface area (TPSA) is 39.1 Å². The van der Waals surface area contributed by atoms with Gasteiger partial charge in [-0.1, -0.05) is 0 Å². The number of nitrogens with one attached hydrogen (secondary N) is 1. The van der Waals surface area contributed by atoms with Crippen molar-refractivity contribution in [2.75, 3.05) is 13.7 Å². The Morgan fingerprint density at radius 3 is 3.05 bits per heavy atom. The summed E-state index contributed by atoms with van der Waals surface area (Å²) in [6.45, 7) is 1.02. The predicted octanol–water partition coefficient (Wildman–Crippen LogP) is 2.44. The Hall–Kier alpha value is -1.88. The summed E-state index contributed by atoms with van der Waals surface area (Å²) in [6, 6.07) is 5.24. The number of rotatable bonds is 3. The number of ether oxygens (including phenoxy) is 1. The fraction of sp³-hybridized carbons (Fsp3) is 0.357. The number of imidazole rings is 1. The summed E-state index contributed by atoms with van der Waals surface area (Å²) in [5.74, 6) is -0.108. The maximum Gasteiger partial charge on any atom is 0.167 e. The molecule has 1 atom stereocenters. The standard InChI is InChI=1S/C14H16FN3O/c1-19-14-5-4-10(7-11(14)15)18-9-16-8-13(18)12-3-2-6-17-12/h4-5,7-9,12,17H,2-3,6H2,1H3/t12-/m0/s1. The molecule has 100 valence electrons. The zero-order valence-electron chi connectivity index (χ0n) is 10.8. The summed E-state index contributed by atoms with van der Waals surface area (Å²) in [6.07, 6.45) is 5.80. The first kappa shape index (κ1) is 12.2. The van der Waals surface area contributed by atoms with Gasteiger partial charge in [-0.2, -0.15) is 0 Å². The first-order valence-electron chi connectivity index (χ1n) is 6.39. The molecular formula is C14H16FN3O. The van der Waals surface area contributed by atoms with E-state index < -0.39 is 0 Å². The van der Waals surface area contributed by atoms with Crippen molar-refractivity contribution >= 4 is 0 Å². The van der Waals surface area contributed by atoms with Gasteiger partial charge in [-0.15, -0.1) is 0 Å². The molecule has 0 bridgehead atoms. The maximum atomic E-state index is 13.8. The molecule has 1 aromatic heterocycles. The van der Waals surface area contributed by atoms with Gasteiger partial charge in [-0.25, -0.2) is 9.37 Å². The molecule has 1 saturated heterocycles. The minimum Gasteiger partial charge on any atom is -0.494 e. The zero-order valence-corrected chi connectivity index (χ0v) is 10.8. The maximum absolute atomic E-state index is 13.8. The number of hydrogen-bond acceptors (Lipinski definition) is 3. The van der Waals surface area contributed by atoms with E-state index in [0.717, 1.165) is 30.8 Å². The van der Waals surface area contributed by atoms with Gasteiger partial charge in [0.15, 0.2) is 11.6 Å². The molecule has 5 heteroatoms. The van der Waals surface area contributed by atoms with E-state index in [-0.39, 0.29) is 11.6 Å². The molecule has 19 heavy (non-hydrogen) atoms. The smallest absolute Gasteiger partial charge is 0.167 e. The van der Waals surface area contributed by atoms with Crippen LogP contribution < -0.4 is 10.1 Å². The Balaban J connectivity index is 1.98. The van der Waals surface area contributed by atoms with Crippen molar-refractivity contribution in [3.05, 3.63) is 42.2 Å². The molecule has 1 aliphatic heterocycles. The van der Waals surface area contributed by atoms with E-state index >= 15 is 0 Å². The number of hydrogen-bond donors (Lipinski definition) is 1. The van der Waals surface area contributed by atoms with Gasteiger partial charge in [-0.3, -0.25) is 0 Å². The molecule has 0 spiro atoms. The number of nitrogens with zero attached hydrogens (tertiary/aromatic N) is 2. The van der Waals surface area contributed by atoms with Gasteiger partial charge in [0.25, 0.3) is 0 Å². The van der Waals surface area contributed by atoms with Crippen molar-refractivity contribution in [3.63, 3.8) is 0 Å². The van der Waals surface area contributed by atoms with Crippen LogP contribution in [0.15, 0.2) is 30.7 Å². The zero-order chi connectivity index (χ0) is 13.2. The Morgan fingerprint density at radius 2 is 2.37 bits per heavy atom. The van der Waals surface area contributed by atoms with Crippen LogP contribution in [0.3, 0.4) is 0 Å². The average molecular weight is 261 g/mol. The number of methoxy groups -OCH3 is 1. The molecule has 2 heterocycles. The van der Waals surface area contributed by atoms with E-state index in [9.17, 15) is 4.39 Å². The van der Waals surface area contributed by atoms with Crippen molar-refractivity contribution in [2.45, 2.75) is 18.9 Å². The summed E-state index contributed by atoms with van der Waals surface area (Å²) in [5.41, 5.74) is 1.83. The second-order valence-electron chi connectivity index (χ2n) is 4.66. The van der Waals surface area contributed by atoms with Gasteiger partial charge in [-0.05, 0) is 31.5 Å². The molecule has 3 rings (SSSR count). The van der Waals surface area contributed by atoms with Gasteiger partial charge < -0.3 is 14.6 Å². The molecule has 0 aliphatic carbocycles. The third kappa shape index (κ3) is 2.21. The van der Waals surface area contributed by atoms with Crippen LogP contribution in [0.25, 0.3) is 5.69 Å². The van der Waals surface area contributed by atoms with E-state index in [2.05, 4.69) is 10.3 Å². The Bertz CT molecular complexity index is 576. The minimum absolute atomic E-state index is 0.254. The molecule has 0 amide bonds. The van der Waals surface area contributed by atoms with Crippen LogP contribution in [0.4, 0.5) is 4.39 Å². The monoisotopic (exact) mass is 261 g/mol. The quantitative estimate of drug-likeness (QED) is 0.922. The summed E-state index contributed by atoms with van der Waals surface area (Å²) >= 11 is 0. The molecule has 0 saturated carbocycles. The first-order chi connectivity index (χ1) is 9.29. The highest BCUT2D eigenvalue weighted by Crippen LogP contribution is 2.26. The van der Waals surface area contributed by atoms with Crippen molar-refractivity contribution < 1.29 is 9.13 Å². The second-order valence-corrected chi connectivity index (χ2v) is 4.66. The number of benzene rings is 1. The Morgan fingerprint density at radius 1 is 1.47 bits per heavy atom. The highest BCUT2D eigenvalue weighted by atomic mass is 19.1. The van der Waals surface area contributed by atoms with Gasteiger partial charge in [0.05, 0.1) is 31.0 Å². The first-order valence-corrected chi connectivity index (χ1v) is 6.39. The summed E-state index contributed by atoms with van der Waals surface area (Å²) < 4.78 is 20.6. The molecule has 2 aromatic rings. The van der Waals surface area contributed by atoms with Crippen molar-refractivity contribution in [1.29, 1.82) is 0 Å². The average Bonchev–Trinajstić information content (AvgIpc) is 3.09. The van der Waals surface area contributed by atoms with Crippen LogP contribution in [0.2, 0.25) is 0 Å². The molecule has 1 N–H and O–H groups in total. The van der Waals surface area contributed by atoms with Crippen molar-refractivity contribution in [1.82, 2.24) is 14.9 Å². The number of halogens is 1. The molecule has 4 nitrogen and oxygen atoms in total. The molecule has 0 unspecified atom stereocenters. The van der Waals surface area contributed by atoms with Crippen molar-refractivity contribution in [3.8, 4) is 11.4 Å². The highest BCUT2D eigenvalue weighted by Gasteiger charge is 2.20. The van der Waals surface area contributed by atoms with Gasteiger partial charge in [0.1, 0.15) is 0 Å². The van der Waals surface area contributed by atoms with E-state index in [1.165, 1.54) is 13.2 Å². The van der Waals surface area contributed by atoms with E-state index in [1.54, 1.807) is 12.4 Å². The third-order valence-electron chi connectivity index (χ3n) is 3.50. The Kier molecular flexibility index (Phi) is 3.21. The lowest BCUT2D eigenvalue weighted by molar-refractivity contribution is 0.386. The van der Waals surface area contributed by atoms with E-state index in [0.29, 0.717) is 6.04 Å². The van der Waals surface area contributed by atoms with Gasteiger partial charge in [0.2, 0.25) is 0 Å². The van der Waals surface area contributed by atoms with Crippen LogP contribution in [-0.4, -0.2) is 23.2 Å². The lowest BCUT2D eigenvalue weighted by atomic mass is 10.1. The number of aromatic nitrogens is 2. The van der Waals surface area contributed by atoms with Crippen LogP contribution in [-0.2, 0) is 0 Å². The lowest BCUT2D eigenvalue weighted by Gasteiger charge is -2.14. The molecule has 0 radical (unpaired) electrons. The van der Waals surface area contributed by atoms with E-state index in [1.807, 2.05) is 16.8 Å². The molecule has 1 aliphatic rings. The largest absolute Gasteiger partial charge is 0.494 e. The van der Waals surface area contributed by atoms with Gasteiger partial charge >= 0.3 is 0 Å². The van der Waals surface area contributed by atoms with Crippen LogP contribution in [0.5, 0.6) is 5.75 Å². The lowest BCUT2D eigenvalue weighted by Crippen LogP contribution is -2.16. The summed E-state index contributed by atoms with van der Waals surface area (Å²) in [7, 11) is 1.46. The van der Waals surface area contributed by atoms with E-state index in [4.69, 9.17) is 4.74 Å². The normalized spacial score (nSPS) is 18.7. The fourth-order valence-corrected chi connectivity index (χ4v) is 2.52. The van der Waals surface area contributed by atoms with Crippen molar-refractivity contribution in [2.24, 2.45) is 0 Å². The molecule has 1 fully saturated rings. The highest BCUT2D eigenvalue weighted by molar-refractivity contribution is 5.40. The SMILES string of the molecule is COc1ccc(-n2cncc2[C@@H]2CCCN2)cc1F. The Labute approximate surface area is 111 Å². The third-order valence-corrected chi connectivity index (χ3v) is 3.50. The fourth-order valence-electron chi connectivity index (χ4n) is 2.52.